The molecule has 0 aliphatic carbocycles. The predicted molar refractivity (Wildman–Crippen MR) is 86.7 cm³/mol. The molecule has 0 aliphatic heterocycles. The Morgan fingerprint density at radius 1 is 1.29 bits per heavy atom. The van der Waals surface area contributed by atoms with Crippen LogP contribution in [0.15, 0.2) is 53.5 Å². The molecule has 1 aromatic carbocycles. The van der Waals surface area contributed by atoms with Gasteiger partial charge >= 0.3 is 5.97 Å². The summed E-state index contributed by atoms with van der Waals surface area (Å²) in [4.78, 5) is 28.3. The number of esters is 1. The number of rotatable bonds is 3. The monoisotopic (exact) mass is 339 g/mol. The molecule has 0 fully saturated rings. The van der Waals surface area contributed by atoms with Crippen molar-refractivity contribution >= 4 is 23.2 Å². The molecule has 118 valence electrons. The van der Waals surface area contributed by atoms with Crippen LogP contribution in [0, 0.1) is 11.3 Å². The Hall–Kier alpha value is -3.17. The third kappa shape index (κ3) is 3.26. The highest BCUT2D eigenvalue weighted by Crippen LogP contribution is 2.10. The van der Waals surface area contributed by atoms with Gasteiger partial charge in [-0.2, -0.15) is 5.26 Å². The van der Waals surface area contributed by atoms with E-state index in [1.807, 2.05) is 6.07 Å². The van der Waals surface area contributed by atoms with Gasteiger partial charge in [-0.15, -0.1) is 0 Å². The quantitative estimate of drug-likeness (QED) is 0.685. The highest BCUT2D eigenvalue weighted by molar-refractivity contribution is 6.30. The summed E-state index contributed by atoms with van der Waals surface area (Å²) in [6.07, 6.45) is 1.47. The second kappa shape index (κ2) is 6.52. The lowest BCUT2D eigenvalue weighted by Gasteiger charge is -2.06. The second-order valence-corrected chi connectivity index (χ2v) is 5.37. The van der Waals surface area contributed by atoms with Gasteiger partial charge in [-0.1, -0.05) is 17.7 Å². The predicted octanol–water partition coefficient (Wildman–Crippen LogP) is 2.58. The van der Waals surface area contributed by atoms with E-state index in [1.54, 1.807) is 30.3 Å². The number of nitrogens with zero attached hydrogens (tertiary/aromatic N) is 3. The van der Waals surface area contributed by atoms with Gasteiger partial charge in [0.15, 0.2) is 0 Å². The molecule has 6 nitrogen and oxygen atoms in total. The van der Waals surface area contributed by atoms with Crippen molar-refractivity contribution in [2.24, 2.45) is 0 Å². The van der Waals surface area contributed by atoms with Crippen LogP contribution in [0.2, 0.25) is 5.02 Å². The van der Waals surface area contributed by atoms with Gasteiger partial charge < -0.3 is 4.74 Å². The number of benzene rings is 1. The minimum atomic E-state index is -0.592. The molecule has 0 N–H and O–H groups in total. The Kier molecular flexibility index (Phi) is 4.27. The number of fused-ring (bicyclic) bond motifs is 1. The maximum absolute atomic E-state index is 12.0. The smallest absolute Gasteiger partial charge is 0.338 e. The second-order valence-electron chi connectivity index (χ2n) is 4.93. The number of carbonyl (C=O) groups excluding carboxylic acids is 1. The molecule has 3 aromatic rings. The molecule has 0 atom stereocenters. The van der Waals surface area contributed by atoms with Gasteiger partial charge in [-0.25, -0.2) is 9.78 Å². The topological polar surface area (TPSA) is 84.5 Å². The van der Waals surface area contributed by atoms with E-state index >= 15 is 0 Å². The van der Waals surface area contributed by atoms with Crippen molar-refractivity contribution in [3.8, 4) is 6.07 Å². The zero-order valence-corrected chi connectivity index (χ0v) is 13.0. The molecule has 0 amide bonds. The molecule has 0 radical (unpaired) electrons. The minimum Gasteiger partial charge on any atom is -0.456 e. The molecule has 0 spiro atoms. The Morgan fingerprint density at radius 2 is 2.12 bits per heavy atom. The highest BCUT2D eigenvalue weighted by atomic mass is 35.5. The van der Waals surface area contributed by atoms with Crippen molar-refractivity contribution in [2.75, 3.05) is 0 Å². The first-order valence-corrected chi connectivity index (χ1v) is 7.30. The lowest BCUT2D eigenvalue weighted by molar-refractivity contribution is 0.0467. The molecule has 0 aliphatic rings. The molecule has 0 saturated carbocycles. The molecule has 2 aromatic heterocycles. The van der Waals surface area contributed by atoms with Crippen molar-refractivity contribution in [1.82, 2.24) is 9.38 Å². The maximum atomic E-state index is 12.0. The zero-order valence-electron chi connectivity index (χ0n) is 12.3. The average Bonchev–Trinajstić information content (AvgIpc) is 2.60. The molecule has 24 heavy (non-hydrogen) atoms. The minimum absolute atomic E-state index is 0.149. The highest BCUT2D eigenvalue weighted by Gasteiger charge is 2.10. The van der Waals surface area contributed by atoms with Crippen LogP contribution >= 0.6 is 11.6 Å². The fourth-order valence-corrected chi connectivity index (χ4v) is 2.30. The number of carbonyl (C=O) groups is 1. The first-order chi connectivity index (χ1) is 11.6. The average molecular weight is 340 g/mol. The van der Waals surface area contributed by atoms with E-state index in [1.165, 1.54) is 22.7 Å². The molecule has 0 bridgehead atoms. The molecule has 0 unspecified atom stereocenters. The molecule has 2 heterocycles. The van der Waals surface area contributed by atoms with Crippen LogP contribution in [0.25, 0.3) is 5.65 Å². The molecular weight excluding hydrogens is 330 g/mol. The van der Waals surface area contributed by atoms with Crippen LogP contribution in [-0.4, -0.2) is 15.4 Å². The first kappa shape index (κ1) is 15.7. The number of ether oxygens (including phenoxy) is 1. The van der Waals surface area contributed by atoms with Crippen LogP contribution in [0.5, 0.6) is 0 Å². The van der Waals surface area contributed by atoms with Gasteiger partial charge in [0.25, 0.3) is 5.56 Å². The van der Waals surface area contributed by atoms with E-state index in [4.69, 9.17) is 21.6 Å². The Balaban J connectivity index is 1.80. The van der Waals surface area contributed by atoms with E-state index in [9.17, 15) is 9.59 Å². The Bertz CT molecular complexity index is 1040. The van der Waals surface area contributed by atoms with Gasteiger partial charge in [0, 0.05) is 12.3 Å². The van der Waals surface area contributed by atoms with Crippen LogP contribution in [0.3, 0.4) is 0 Å². The summed E-state index contributed by atoms with van der Waals surface area (Å²) in [6.45, 7) is -0.149. The molecule has 7 heteroatoms. The van der Waals surface area contributed by atoms with Gasteiger partial charge in [-0.3, -0.25) is 9.20 Å². The lowest BCUT2D eigenvalue weighted by atomic mass is 10.1. The van der Waals surface area contributed by atoms with Crippen LogP contribution in [0.4, 0.5) is 0 Å². The lowest BCUT2D eigenvalue weighted by Crippen LogP contribution is -2.16. The number of hydrogen-bond donors (Lipinski definition) is 0. The summed E-state index contributed by atoms with van der Waals surface area (Å²) in [7, 11) is 0. The first-order valence-electron chi connectivity index (χ1n) is 6.92. The van der Waals surface area contributed by atoms with E-state index < -0.39 is 5.97 Å². The Labute approximate surface area is 141 Å². The van der Waals surface area contributed by atoms with Crippen LogP contribution in [0.1, 0.15) is 21.6 Å². The third-order valence-electron chi connectivity index (χ3n) is 3.26. The van der Waals surface area contributed by atoms with E-state index in [0.717, 1.165) is 0 Å². The maximum Gasteiger partial charge on any atom is 0.338 e. The van der Waals surface area contributed by atoms with Gasteiger partial charge in [0.1, 0.15) is 12.3 Å². The normalized spacial score (nSPS) is 10.3. The number of halogens is 1. The largest absolute Gasteiger partial charge is 0.456 e. The van der Waals surface area contributed by atoms with Crippen molar-refractivity contribution in [3.05, 3.63) is 80.9 Å². The number of hydrogen-bond acceptors (Lipinski definition) is 5. The van der Waals surface area contributed by atoms with Crippen molar-refractivity contribution in [1.29, 1.82) is 5.26 Å². The summed E-state index contributed by atoms with van der Waals surface area (Å²) in [5.41, 5.74) is 1.04. The number of aromatic nitrogens is 2. The van der Waals surface area contributed by atoms with E-state index in [0.29, 0.717) is 21.9 Å². The number of pyridine rings is 1. The van der Waals surface area contributed by atoms with Crippen molar-refractivity contribution in [2.45, 2.75) is 6.61 Å². The van der Waals surface area contributed by atoms with Crippen LogP contribution in [-0.2, 0) is 11.3 Å². The van der Waals surface area contributed by atoms with Gasteiger partial charge in [0.05, 0.1) is 27.9 Å². The fourth-order valence-electron chi connectivity index (χ4n) is 2.14. The summed E-state index contributed by atoms with van der Waals surface area (Å²) in [6, 6.07) is 12.6. The van der Waals surface area contributed by atoms with E-state index in [2.05, 4.69) is 4.98 Å². The van der Waals surface area contributed by atoms with E-state index in [-0.39, 0.29) is 17.7 Å². The summed E-state index contributed by atoms with van der Waals surface area (Å²) < 4.78 is 6.47. The summed E-state index contributed by atoms with van der Waals surface area (Å²) >= 11 is 5.85. The van der Waals surface area contributed by atoms with Crippen molar-refractivity contribution < 1.29 is 9.53 Å². The molecule has 0 saturated heterocycles. The Morgan fingerprint density at radius 3 is 2.92 bits per heavy atom. The SMILES string of the molecule is N#Cc1cccc(C(=O)OCc2cc(=O)n3cc(Cl)ccc3n2)c1. The fraction of sp³-hybridized carbons (Fsp3) is 0.0588. The van der Waals surface area contributed by atoms with Gasteiger partial charge in [0.2, 0.25) is 0 Å². The summed E-state index contributed by atoms with van der Waals surface area (Å²) in [5.74, 6) is -0.592. The molecule has 3 rings (SSSR count). The van der Waals surface area contributed by atoms with Crippen LogP contribution < -0.4 is 5.56 Å². The summed E-state index contributed by atoms with van der Waals surface area (Å²) in [5, 5.41) is 9.26. The third-order valence-corrected chi connectivity index (χ3v) is 3.48. The standard InChI is InChI=1S/C17H10ClN3O3/c18-13-4-5-15-20-14(7-16(22)21(15)9-13)10-24-17(23)12-3-1-2-11(6-12)8-19/h1-7,9H,10H2. The number of nitriles is 1. The van der Waals surface area contributed by atoms with Crippen molar-refractivity contribution in [3.63, 3.8) is 0 Å². The molecular formula is C17H10ClN3O3. The van der Waals surface area contributed by atoms with Gasteiger partial charge in [-0.05, 0) is 30.3 Å². The zero-order chi connectivity index (χ0) is 17.1.